The molecule has 1 aromatic carbocycles. The number of piperidine rings is 1. The molecule has 2 unspecified atom stereocenters. The van der Waals surface area contributed by atoms with Gasteiger partial charge in [0, 0.05) is 30.2 Å². The van der Waals surface area contributed by atoms with Crippen LogP contribution in [0.3, 0.4) is 0 Å². The Labute approximate surface area is 226 Å². The van der Waals surface area contributed by atoms with Crippen LogP contribution in [0.5, 0.6) is 5.75 Å². The van der Waals surface area contributed by atoms with Gasteiger partial charge in [0.1, 0.15) is 30.0 Å². The summed E-state index contributed by atoms with van der Waals surface area (Å²) in [5, 5.41) is 39.6. The van der Waals surface area contributed by atoms with Crippen molar-refractivity contribution in [1.29, 1.82) is 0 Å². The number of rotatable bonds is 7. The Morgan fingerprint density at radius 3 is 2.49 bits per heavy atom. The van der Waals surface area contributed by atoms with Crippen LogP contribution >= 0.6 is 0 Å². The van der Waals surface area contributed by atoms with Crippen LogP contribution in [0.2, 0.25) is 0 Å². The van der Waals surface area contributed by atoms with Crippen LogP contribution in [-0.4, -0.2) is 74.0 Å². The largest absolute Gasteiger partial charge is 0.507 e. The monoisotopic (exact) mass is 544 g/mol. The van der Waals surface area contributed by atoms with Crippen LogP contribution in [0.15, 0.2) is 34.9 Å². The number of carboxylic acid groups (broad SMARTS) is 2. The van der Waals surface area contributed by atoms with E-state index in [-0.39, 0.29) is 30.2 Å². The van der Waals surface area contributed by atoms with Crippen molar-refractivity contribution in [3.8, 4) is 5.75 Å². The van der Waals surface area contributed by atoms with E-state index in [0.29, 0.717) is 17.3 Å². The Morgan fingerprint density at radius 2 is 1.87 bits per heavy atom. The van der Waals surface area contributed by atoms with Crippen LogP contribution < -0.4 is 11.5 Å². The average molecular weight is 545 g/mol. The first-order valence-corrected chi connectivity index (χ1v) is 13.3. The van der Waals surface area contributed by atoms with Crippen LogP contribution in [0.25, 0.3) is 0 Å². The molecule has 1 amide bonds. The molecular formula is C28H38N3O8+. The Kier molecular flexibility index (Phi) is 7.79. The summed E-state index contributed by atoms with van der Waals surface area (Å²) in [5.74, 6) is -1.91. The van der Waals surface area contributed by atoms with Crippen molar-refractivity contribution in [2.45, 2.75) is 81.0 Å². The molecule has 2 heterocycles. The molecule has 1 aromatic heterocycles. The highest BCUT2D eigenvalue weighted by Crippen LogP contribution is 2.61. The van der Waals surface area contributed by atoms with Gasteiger partial charge in [-0.1, -0.05) is 18.9 Å². The third kappa shape index (κ3) is 5.02. The molecule has 2 aromatic rings. The number of carboxylic acids is 2. The van der Waals surface area contributed by atoms with Gasteiger partial charge < -0.3 is 40.8 Å². The number of likely N-dealkylation sites (tertiary alicyclic amines) is 1. The number of fused-ring (bicyclic) bond motifs is 1. The van der Waals surface area contributed by atoms with Crippen molar-refractivity contribution in [1.82, 2.24) is 0 Å². The number of carbonyl (C=O) groups excluding carboxylic acids is 1. The zero-order valence-corrected chi connectivity index (χ0v) is 22.1. The first-order valence-electron chi connectivity index (χ1n) is 13.3. The second-order valence-corrected chi connectivity index (χ2v) is 11.4. The SMILES string of the molecule is C[N+]1(Cc2ccco2)CC[C@]23CCCC[C@@]2(O)[C@H]1Cc1ccc(C(N)=O)c(O)c13.NC(CCC(=O)O)C(=O)O. The number of aliphatic hydroxyl groups is 1. The van der Waals surface area contributed by atoms with Gasteiger partial charge in [-0.3, -0.25) is 14.4 Å². The molecule has 1 aliphatic heterocycles. The van der Waals surface area contributed by atoms with Crippen LogP contribution in [0, 0.1) is 0 Å². The normalized spacial score (nSPS) is 29.7. The van der Waals surface area contributed by atoms with Gasteiger partial charge >= 0.3 is 11.9 Å². The van der Waals surface area contributed by atoms with Gasteiger partial charge in [0.15, 0.2) is 5.76 Å². The molecule has 11 nitrogen and oxygen atoms in total. The third-order valence-electron chi connectivity index (χ3n) is 9.10. The van der Waals surface area contributed by atoms with Crippen LogP contribution in [-0.2, 0) is 28.0 Å². The summed E-state index contributed by atoms with van der Waals surface area (Å²) in [6.07, 6.45) is 6.42. The molecule has 1 saturated carbocycles. The Bertz CT molecular complexity index is 1250. The summed E-state index contributed by atoms with van der Waals surface area (Å²) in [4.78, 5) is 31.8. The predicted molar refractivity (Wildman–Crippen MR) is 140 cm³/mol. The number of primary amides is 1. The fraction of sp³-hybridized carbons (Fsp3) is 0.536. The minimum Gasteiger partial charge on any atom is -0.507 e. The third-order valence-corrected chi connectivity index (χ3v) is 9.10. The number of benzene rings is 1. The van der Waals surface area contributed by atoms with E-state index in [4.69, 9.17) is 26.1 Å². The zero-order valence-electron chi connectivity index (χ0n) is 22.1. The van der Waals surface area contributed by atoms with Crippen molar-refractivity contribution < 1.29 is 43.7 Å². The highest BCUT2D eigenvalue weighted by molar-refractivity contribution is 5.96. The minimum absolute atomic E-state index is 0.00739. The maximum absolute atomic E-state index is 12.3. The number of hydrogen-bond donors (Lipinski definition) is 6. The molecule has 1 saturated heterocycles. The van der Waals surface area contributed by atoms with E-state index < -0.39 is 34.9 Å². The topological polar surface area (TPSA) is 197 Å². The summed E-state index contributed by atoms with van der Waals surface area (Å²) >= 11 is 0. The van der Waals surface area contributed by atoms with E-state index in [1.54, 1.807) is 12.3 Å². The van der Waals surface area contributed by atoms with Crippen LogP contribution in [0.4, 0.5) is 0 Å². The van der Waals surface area contributed by atoms with Gasteiger partial charge in [-0.25, -0.2) is 0 Å². The molecule has 2 aliphatic carbocycles. The van der Waals surface area contributed by atoms with Gasteiger partial charge in [-0.2, -0.15) is 0 Å². The number of amides is 1. The van der Waals surface area contributed by atoms with Crippen molar-refractivity contribution in [3.05, 3.63) is 53.0 Å². The Morgan fingerprint density at radius 1 is 1.15 bits per heavy atom. The maximum Gasteiger partial charge on any atom is 0.320 e. The molecule has 39 heavy (non-hydrogen) atoms. The number of likely N-dealkylation sites (N-methyl/N-ethyl adjacent to an activating group) is 1. The second-order valence-electron chi connectivity index (χ2n) is 11.4. The van der Waals surface area contributed by atoms with Crippen molar-refractivity contribution in [3.63, 3.8) is 0 Å². The first-order chi connectivity index (χ1) is 18.3. The van der Waals surface area contributed by atoms with E-state index in [0.717, 1.165) is 55.7 Å². The fourth-order valence-electron chi connectivity index (χ4n) is 7.17. The van der Waals surface area contributed by atoms with E-state index in [2.05, 4.69) is 7.05 Å². The number of aromatic hydroxyl groups is 1. The smallest absolute Gasteiger partial charge is 0.320 e. The van der Waals surface area contributed by atoms with Crippen LogP contribution in [0.1, 0.15) is 72.2 Å². The first kappa shape index (κ1) is 28.6. The molecular weight excluding hydrogens is 506 g/mol. The van der Waals surface area contributed by atoms with E-state index in [1.807, 2.05) is 18.2 Å². The van der Waals surface area contributed by atoms with Gasteiger partial charge in [0.2, 0.25) is 0 Å². The number of phenols is 1. The summed E-state index contributed by atoms with van der Waals surface area (Å²) < 4.78 is 6.36. The molecule has 0 radical (unpaired) electrons. The number of carbonyl (C=O) groups is 3. The van der Waals surface area contributed by atoms with Gasteiger partial charge in [0.25, 0.3) is 5.91 Å². The number of nitrogens with two attached hydrogens (primary N) is 2. The molecule has 0 spiro atoms. The molecule has 11 heteroatoms. The quantitative estimate of drug-likeness (QED) is 0.282. The summed E-state index contributed by atoms with van der Waals surface area (Å²) in [7, 11) is 2.21. The lowest BCUT2D eigenvalue weighted by atomic mass is 9.48. The van der Waals surface area contributed by atoms with E-state index in [9.17, 15) is 24.6 Å². The lowest BCUT2D eigenvalue weighted by Crippen LogP contribution is -2.77. The van der Waals surface area contributed by atoms with Gasteiger partial charge in [-0.05, 0) is 43.0 Å². The number of hydrogen-bond acceptors (Lipinski definition) is 7. The van der Waals surface area contributed by atoms with Gasteiger partial charge in [0.05, 0.1) is 25.4 Å². The van der Waals surface area contributed by atoms with Crippen molar-refractivity contribution in [2.75, 3.05) is 13.6 Å². The molecule has 2 fully saturated rings. The molecule has 212 valence electrons. The van der Waals surface area contributed by atoms with E-state index in [1.165, 1.54) is 0 Å². The highest BCUT2D eigenvalue weighted by atomic mass is 16.4. The molecule has 3 aliphatic rings. The minimum atomic E-state index is -1.17. The Hall–Kier alpha value is -3.41. The maximum atomic E-state index is 12.3. The fourth-order valence-corrected chi connectivity index (χ4v) is 7.17. The molecule has 8 N–H and O–H groups in total. The number of nitrogens with zero attached hydrogens (tertiary/aromatic N) is 1. The van der Waals surface area contributed by atoms with Gasteiger partial charge in [-0.15, -0.1) is 0 Å². The standard InChI is InChI=1S/C23H28N2O4.C5H9NO4/c1-25(14-16-5-4-12-29-16)11-10-22-8-2-3-9-23(22,28)18(25)13-15-6-7-17(21(24)27)20(26)19(15)22;6-3(5(9)10)1-2-4(7)8/h4-7,12,18,28H,2-3,8-11,13-14H2,1H3,(H2-,24,26,27);3H,1-2,6H2,(H,7,8)(H,9,10)/p+1/t18-,22+,23-,25?;/m1./s1. The lowest BCUT2D eigenvalue weighted by molar-refractivity contribution is -0.962. The zero-order chi connectivity index (χ0) is 28.6. The molecule has 2 bridgehead atoms. The molecule has 5 rings (SSSR count). The van der Waals surface area contributed by atoms with Crippen molar-refractivity contribution >= 4 is 17.8 Å². The van der Waals surface area contributed by atoms with E-state index >= 15 is 0 Å². The average Bonchev–Trinajstić information content (AvgIpc) is 3.37. The Balaban J connectivity index is 0.000000303. The summed E-state index contributed by atoms with van der Waals surface area (Å²) in [6, 6.07) is 6.42. The highest BCUT2D eigenvalue weighted by Gasteiger charge is 2.68. The number of aliphatic carboxylic acids is 2. The lowest BCUT2D eigenvalue weighted by Gasteiger charge is -2.65. The molecule has 5 atom stereocenters. The number of furan rings is 1. The summed E-state index contributed by atoms with van der Waals surface area (Å²) in [6.45, 7) is 1.62. The van der Waals surface area contributed by atoms with Crippen molar-refractivity contribution in [2.24, 2.45) is 11.5 Å². The second kappa shape index (κ2) is 10.6. The summed E-state index contributed by atoms with van der Waals surface area (Å²) in [5.41, 5.74) is 11.0. The predicted octanol–water partition coefficient (Wildman–Crippen LogP) is 1.87. The number of quaternary nitrogens is 1.